The topological polar surface area (TPSA) is 51.2 Å². The van der Waals surface area contributed by atoms with Gasteiger partial charge >= 0.3 is 0 Å². The van der Waals surface area contributed by atoms with Crippen LogP contribution in [-0.2, 0) is 4.79 Å². The lowest BCUT2D eigenvalue weighted by atomic mass is 10.1. The molecule has 1 aromatic carbocycles. The van der Waals surface area contributed by atoms with E-state index in [1.165, 1.54) is 0 Å². The molecule has 1 heterocycles. The molecule has 1 atom stereocenters. The molecule has 1 saturated heterocycles. The highest BCUT2D eigenvalue weighted by atomic mass is 32.2. The molecule has 1 aliphatic rings. The molecule has 152 valence electrons. The highest BCUT2D eigenvalue weighted by Gasteiger charge is 2.31. The number of methoxy groups -OCH3 is 3. The molecule has 0 spiro atoms. The first kappa shape index (κ1) is 21.7. The second-order valence-corrected chi connectivity index (χ2v) is 7.59. The van der Waals surface area contributed by atoms with Crippen LogP contribution in [0.3, 0.4) is 0 Å². The van der Waals surface area contributed by atoms with Gasteiger partial charge in [0.05, 0.1) is 21.3 Å². The van der Waals surface area contributed by atoms with E-state index in [-0.39, 0.29) is 11.3 Å². The van der Waals surface area contributed by atoms with Crippen LogP contribution >= 0.6 is 11.8 Å². The van der Waals surface area contributed by atoms with Crippen LogP contribution in [0.4, 0.5) is 0 Å². The number of hydrogen-bond donors (Lipinski definition) is 0. The maximum absolute atomic E-state index is 12.6. The average molecular weight is 397 g/mol. The molecule has 1 aromatic rings. The molecule has 27 heavy (non-hydrogen) atoms. The first-order chi connectivity index (χ1) is 13.1. The van der Waals surface area contributed by atoms with E-state index in [1.807, 2.05) is 17.0 Å². The summed E-state index contributed by atoms with van der Waals surface area (Å²) in [6.45, 7) is 8.17. The van der Waals surface area contributed by atoms with Gasteiger partial charge in [0.25, 0.3) is 0 Å². The summed E-state index contributed by atoms with van der Waals surface area (Å²) >= 11 is 1.79. The van der Waals surface area contributed by atoms with Crippen molar-refractivity contribution in [2.75, 3.05) is 53.3 Å². The molecule has 0 bridgehead atoms. The van der Waals surface area contributed by atoms with Gasteiger partial charge in [0.2, 0.25) is 11.7 Å². The second kappa shape index (κ2) is 10.7. The van der Waals surface area contributed by atoms with E-state index in [2.05, 4.69) is 18.7 Å². The highest BCUT2D eigenvalue weighted by Crippen LogP contribution is 2.45. The zero-order valence-corrected chi connectivity index (χ0v) is 17.9. The fourth-order valence-electron chi connectivity index (χ4n) is 3.39. The number of carbonyl (C=O) groups excluding carboxylic acids is 1. The predicted octanol–water partition coefficient (Wildman–Crippen LogP) is 3.41. The molecule has 0 saturated carbocycles. The summed E-state index contributed by atoms with van der Waals surface area (Å²) in [6, 6.07) is 3.91. The maximum Gasteiger partial charge on any atom is 0.224 e. The molecule has 6 nitrogen and oxygen atoms in total. The minimum Gasteiger partial charge on any atom is -0.493 e. The Balaban J connectivity index is 2.23. The van der Waals surface area contributed by atoms with Crippen LogP contribution in [-0.4, -0.2) is 69.0 Å². The summed E-state index contributed by atoms with van der Waals surface area (Å²) in [7, 11) is 4.82. The monoisotopic (exact) mass is 396 g/mol. The Hall–Kier alpha value is -1.60. The van der Waals surface area contributed by atoms with Gasteiger partial charge in [0, 0.05) is 18.7 Å². The van der Waals surface area contributed by atoms with Gasteiger partial charge in [-0.05, 0) is 43.8 Å². The van der Waals surface area contributed by atoms with E-state index in [0.29, 0.717) is 23.7 Å². The molecular weight excluding hydrogens is 364 g/mol. The van der Waals surface area contributed by atoms with Crippen LogP contribution < -0.4 is 14.2 Å². The number of rotatable bonds is 10. The summed E-state index contributed by atoms with van der Waals surface area (Å²) in [4.78, 5) is 17.0. The molecule has 1 aliphatic heterocycles. The first-order valence-electron chi connectivity index (χ1n) is 9.52. The maximum atomic E-state index is 12.6. The van der Waals surface area contributed by atoms with Crippen LogP contribution in [0, 0.1) is 0 Å². The number of amides is 1. The third kappa shape index (κ3) is 5.23. The van der Waals surface area contributed by atoms with Crippen LogP contribution in [0.15, 0.2) is 12.1 Å². The van der Waals surface area contributed by atoms with Crippen molar-refractivity contribution in [1.82, 2.24) is 9.80 Å². The lowest BCUT2D eigenvalue weighted by Crippen LogP contribution is -2.39. The van der Waals surface area contributed by atoms with E-state index >= 15 is 0 Å². The Morgan fingerprint density at radius 1 is 1.11 bits per heavy atom. The summed E-state index contributed by atoms with van der Waals surface area (Å²) < 4.78 is 16.4. The Bertz CT molecular complexity index is 597. The van der Waals surface area contributed by atoms with Gasteiger partial charge in [-0.3, -0.25) is 4.79 Å². The Kier molecular flexibility index (Phi) is 8.57. The van der Waals surface area contributed by atoms with Crippen LogP contribution in [0.5, 0.6) is 17.2 Å². The second-order valence-electron chi connectivity index (χ2n) is 6.40. The van der Waals surface area contributed by atoms with Crippen molar-refractivity contribution in [1.29, 1.82) is 0 Å². The van der Waals surface area contributed by atoms with Gasteiger partial charge in [0.15, 0.2) is 11.5 Å². The number of ether oxygens (including phenoxy) is 3. The summed E-state index contributed by atoms with van der Waals surface area (Å²) in [5.41, 5.74) is 1.00. The van der Waals surface area contributed by atoms with Gasteiger partial charge in [-0.15, -0.1) is 11.8 Å². The normalized spacial score (nSPS) is 17.3. The lowest BCUT2D eigenvalue weighted by Gasteiger charge is -2.36. The quantitative estimate of drug-likeness (QED) is 0.604. The van der Waals surface area contributed by atoms with Crippen LogP contribution in [0.25, 0.3) is 0 Å². The van der Waals surface area contributed by atoms with Gasteiger partial charge < -0.3 is 24.0 Å². The minimum atomic E-state index is -0.0309. The summed E-state index contributed by atoms with van der Waals surface area (Å²) in [6.07, 6.45) is 1.56. The number of hydrogen-bond acceptors (Lipinski definition) is 6. The fourth-order valence-corrected chi connectivity index (χ4v) is 4.64. The number of nitrogens with zero attached hydrogens (tertiary/aromatic N) is 2. The average Bonchev–Trinajstić information content (AvgIpc) is 2.70. The summed E-state index contributed by atoms with van der Waals surface area (Å²) in [5, 5.41) is -0.0309. The van der Waals surface area contributed by atoms with Gasteiger partial charge in [-0.2, -0.15) is 0 Å². The van der Waals surface area contributed by atoms with Crippen molar-refractivity contribution in [2.24, 2.45) is 0 Å². The molecule has 0 radical (unpaired) electrons. The largest absolute Gasteiger partial charge is 0.493 e. The highest BCUT2D eigenvalue weighted by molar-refractivity contribution is 7.99. The fraction of sp³-hybridized carbons (Fsp3) is 0.650. The molecule has 2 rings (SSSR count). The third-order valence-electron chi connectivity index (χ3n) is 4.94. The van der Waals surface area contributed by atoms with Crippen molar-refractivity contribution >= 4 is 17.7 Å². The number of carbonyl (C=O) groups is 1. The Labute approximate surface area is 167 Å². The van der Waals surface area contributed by atoms with Crippen molar-refractivity contribution in [3.8, 4) is 17.2 Å². The molecule has 0 aromatic heterocycles. The van der Waals surface area contributed by atoms with E-state index in [1.54, 1.807) is 33.1 Å². The predicted molar refractivity (Wildman–Crippen MR) is 110 cm³/mol. The molecule has 1 fully saturated rings. The molecule has 0 N–H and O–H groups in total. The first-order valence-corrected chi connectivity index (χ1v) is 10.6. The van der Waals surface area contributed by atoms with Gasteiger partial charge in [-0.25, -0.2) is 0 Å². The standard InChI is InChI=1S/C20H32N2O4S/c1-6-21(7-2)10-8-11-22-18(23)9-12-27-20(22)15-13-16(24-3)19(26-5)17(14-15)25-4/h13-14,20H,6-12H2,1-5H3. The molecule has 1 amide bonds. The molecule has 1 unspecified atom stereocenters. The van der Waals surface area contributed by atoms with Gasteiger partial charge in [0.1, 0.15) is 5.37 Å². The SMILES string of the molecule is CCN(CC)CCCN1C(=O)CCSC1c1cc(OC)c(OC)c(OC)c1. The van der Waals surface area contributed by atoms with Crippen LogP contribution in [0.1, 0.15) is 37.6 Å². The Morgan fingerprint density at radius 3 is 2.26 bits per heavy atom. The minimum absolute atomic E-state index is 0.0309. The van der Waals surface area contributed by atoms with E-state index in [0.717, 1.165) is 43.9 Å². The van der Waals surface area contributed by atoms with E-state index in [4.69, 9.17) is 14.2 Å². The molecular formula is C20H32N2O4S. The molecule has 0 aliphatic carbocycles. The number of benzene rings is 1. The summed E-state index contributed by atoms with van der Waals surface area (Å²) in [5.74, 6) is 2.85. The van der Waals surface area contributed by atoms with Crippen molar-refractivity contribution in [3.05, 3.63) is 17.7 Å². The smallest absolute Gasteiger partial charge is 0.224 e. The van der Waals surface area contributed by atoms with Crippen molar-refractivity contribution in [3.63, 3.8) is 0 Å². The van der Waals surface area contributed by atoms with Crippen molar-refractivity contribution in [2.45, 2.75) is 32.1 Å². The Morgan fingerprint density at radius 2 is 1.74 bits per heavy atom. The zero-order valence-electron chi connectivity index (χ0n) is 17.1. The lowest BCUT2D eigenvalue weighted by molar-refractivity contribution is -0.132. The zero-order chi connectivity index (χ0) is 19.8. The van der Waals surface area contributed by atoms with E-state index < -0.39 is 0 Å². The third-order valence-corrected chi connectivity index (χ3v) is 6.22. The van der Waals surface area contributed by atoms with Gasteiger partial charge in [-0.1, -0.05) is 13.8 Å². The van der Waals surface area contributed by atoms with Crippen LogP contribution in [0.2, 0.25) is 0 Å². The molecule has 7 heteroatoms. The van der Waals surface area contributed by atoms with Crippen molar-refractivity contribution < 1.29 is 19.0 Å². The number of thioether (sulfide) groups is 1. The van der Waals surface area contributed by atoms with E-state index in [9.17, 15) is 4.79 Å².